The van der Waals surface area contributed by atoms with Crippen LogP contribution in [0, 0.1) is 11.6 Å². The van der Waals surface area contributed by atoms with Crippen LogP contribution in [0.1, 0.15) is 33.7 Å². The van der Waals surface area contributed by atoms with Crippen molar-refractivity contribution < 1.29 is 31.8 Å². The van der Waals surface area contributed by atoms with Crippen LogP contribution in [-0.4, -0.2) is 36.0 Å². The van der Waals surface area contributed by atoms with Crippen LogP contribution >= 0.6 is 0 Å². The van der Waals surface area contributed by atoms with E-state index in [-0.39, 0.29) is 23.7 Å². The highest BCUT2D eigenvalue weighted by atomic mass is 19.3. The van der Waals surface area contributed by atoms with Crippen LogP contribution < -0.4 is 14.8 Å². The number of nitrogens with one attached hydrogen (secondary N) is 1. The second-order valence-electron chi connectivity index (χ2n) is 7.51. The van der Waals surface area contributed by atoms with Crippen molar-refractivity contribution in [1.29, 1.82) is 0 Å². The number of benzene rings is 2. The van der Waals surface area contributed by atoms with Crippen molar-refractivity contribution >= 4 is 5.91 Å². The lowest BCUT2D eigenvalue weighted by Gasteiger charge is -2.12. The smallest absolute Gasteiger partial charge is 0.387 e. The van der Waals surface area contributed by atoms with Gasteiger partial charge in [-0.3, -0.25) is 4.79 Å². The molecule has 3 aromatic rings. The first kappa shape index (κ1) is 22.6. The number of aromatic nitrogens is 2. The average molecular weight is 463 g/mol. The van der Waals surface area contributed by atoms with Crippen molar-refractivity contribution in [3.05, 3.63) is 70.5 Å². The lowest BCUT2D eigenvalue weighted by molar-refractivity contribution is -0.0512. The van der Waals surface area contributed by atoms with Crippen molar-refractivity contribution in [3.63, 3.8) is 0 Å². The molecule has 0 spiro atoms. The molecule has 0 radical (unpaired) electrons. The number of carbonyl (C=O) groups is 1. The Morgan fingerprint density at radius 2 is 1.94 bits per heavy atom. The molecule has 1 amide bonds. The number of fused-ring (bicyclic) bond motifs is 1. The number of nitrogens with zero attached hydrogens (tertiary/aromatic N) is 2. The van der Waals surface area contributed by atoms with E-state index in [1.807, 2.05) is 0 Å². The van der Waals surface area contributed by atoms with E-state index in [2.05, 4.69) is 15.2 Å². The van der Waals surface area contributed by atoms with Crippen molar-refractivity contribution in [1.82, 2.24) is 15.1 Å². The van der Waals surface area contributed by atoms with E-state index >= 15 is 0 Å². The molecular weight excluding hydrogens is 442 g/mol. The molecule has 0 atom stereocenters. The summed E-state index contributed by atoms with van der Waals surface area (Å²) in [6, 6.07) is 8.13. The van der Waals surface area contributed by atoms with Gasteiger partial charge in [0.1, 0.15) is 0 Å². The quantitative estimate of drug-likeness (QED) is 0.508. The maximum atomic E-state index is 13.7. The highest BCUT2D eigenvalue weighted by molar-refractivity contribution is 5.94. The summed E-state index contributed by atoms with van der Waals surface area (Å²) in [6.45, 7) is -2.76. The molecule has 1 aliphatic rings. The first-order chi connectivity index (χ1) is 15.9. The number of methoxy groups -OCH3 is 1. The van der Waals surface area contributed by atoms with Gasteiger partial charge in [0.2, 0.25) is 0 Å². The highest BCUT2D eigenvalue weighted by Gasteiger charge is 2.27. The molecule has 1 N–H and O–H groups in total. The third kappa shape index (κ3) is 4.79. The molecule has 2 aromatic carbocycles. The molecule has 1 aliphatic carbocycles. The molecule has 0 bridgehead atoms. The number of hydrogen-bond acceptors (Lipinski definition) is 4. The third-order valence-electron chi connectivity index (χ3n) is 5.44. The SMILES string of the molecule is COc1ccc(CCNC(=O)c2nn(-c3ccc(F)c(F)c3)c3c2CCC3)cc1OC(F)F. The number of rotatable bonds is 8. The zero-order valence-electron chi connectivity index (χ0n) is 17.7. The molecule has 0 saturated heterocycles. The van der Waals surface area contributed by atoms with Crippen LogP contribution in [0.4, 0.5) is 17.6 Å². The van der Waals surface area contributed by atoms with Crippen molar-refractivity contribution in [2.24, 2.45) is 0 Å². The van der Waals surface area contributed by atoms with E-state index in [1.165, 1.54) is 30.0 Å². The predicted molar refractivity (Wildman–Crippen MR) is 111 cm³/mol. The zero-order chi connectivity index (χ0) is 23.5. The van der Waals surface area contributed by atoms with E-state index in [0.717, 1.165) is 29.8 Å². The van der Waals surface area contributed by atoms with E-state index in [4.69, 9.17) is 4.74 Å². The van der Waals surface area contributed by atoms with Gasteiger partial charge in [0, 0.05) is 23.9 Å². The number of hydrogen-bond donors (Lipinski definition) is 1. The Labute approximate surface area is 187 Å². The first-order valence-corrected chi connectivity index (χ1v) is 10.3. The fourth-order valence-electron chi connectivity index (χ4n) is 3.92. The standard InChI is InChI=1S/C23H21F4N3O3/c1-32-19-8-5-13(11-20(19)33-23(26)27)9-10-28-22(31)21-15-3-2-4-18(15)30(29-21)14-6-7-16(24)17(25)12-14/h5-8,11-12,23H,2-4,9-10H2,1H3,(H,28,31). The van der Waals surface area contributed by atoms with E-state index < -0.39 is 24.2 Å². The monoisotopic (exact) mass is 463 g/mol. The Morgan fingerprint density at radius 1 is 1.12 bits per heavy atom. The largest absolute Gasteiger partial charge is 0.493 e. The van der Waals surface area contributed by atoms with E-state index in [9.17, 15) is 22.4 Å². The molecule has 0 saturated carbocycles. The minimum absolute atomic E-state index is 0.0839. The minimum atomic E-state index is -2.99. The molecule has 174 valence electrons. The van der Waals surface area contributed by atoms with Crippen LogP contribution in [0.3, 0.4) is 0 Å². The molecular formula is C23H21F4N3O3. The van der Waals surface area contributed by atoms with Gasteiger partial charge >= 0.3 is 6.61 Å². The molecule has 1 aromatic heterocycles. The third-order valence-corrected chi connectivity index (χ3v) is 5.44. The minimum Gasteiger partial charge on any atom is -0.493 e. The number of ether oxygens (including phenoxy) is 2. The molecule has 4 rings (SSSR count). The number of amides is 1. The molecule has 0 fully saturated rings. The Kier molecular flexibility index (Phi) is 6.52. The normalized spacial score (nSPS) is 12.7. The lowest BCUT2D eigenvalue weighted by atomic mass is 10.1. The van der Waals surface area contributed by atoms with Gasteiger partial charge in [0.25, 0.3) is 5.91 Å². The molecule has 0 unspecified atom stereocenters. The van der Waals surface area contributed by atoms with Crippen LogP contribution in [0.2, 0.25) is 0 Å². The Bertz CT molecular complexity index is 1180. The Hall–Kier alpha value is -3.56. The molecule has 1 heterocycles. The zero-order valence-corrected chi connectivity index (χ0v) is 17.7. The van der Waals surface area contributed by atoms with Crippen molar-refractivity contribution in [2.75, 3.05) is 13.7 Å². The lowest BCUT2D eigenvalue weighted by Crippen LogP contribution is -2.27. The summed E-state index contributed by atoms with van der Waals surface area (Å²) in [7, 11) is 1.35. The van der Waals surface area contributed by atoms with Gasteiger partial charge in [-0.1, -0.05) is 6.07 Å². The molecule has 10 heteroatoms. The van der Waals surface area contributed by atoms with Gasteiger partial charge in [-0.05, 0) is 55.5 Å². The summed E-state index contributed by atoms with van der Waals surface area (Å²) in [5.74, 6) is -2.25. The fourth-order valence-corrected chi connectivity index (χ4v) is 3.92. The van der Waals surface area contributed by atoms with E-state index in [1.54, 1.807) is 6.07 Å². The molecule has 33 heavy (non-hydrogen) atoms. The van der Waals surface area contributed by atoms with Crippen LogP contribution in [0.15, 0.2) is 36.4 Å². The van der Waals surface area contributed by atoms with Gasteiger partial charge in [0.05, 0.1) is 12.8 Å². The Morgan fingerprint density at radius 3 is 2.67 bits per heavy atom. The summed E-state index contributed by atoms with van der Waals surface area (Å²) in [6.07, 6.45) is 2.53. The van der Waals surface area contributed by atoms with Gasteiger partial charge in [-0.15, -0.1) is 0 Å². The number of carbonyl (C=O) groups excluding carboxylic acids is 1. The second kappa shape index (κ2) is 9.51. The summed E-state index contributed by atoms with van der Waals surface area (Å²) >= 11 is 0. The number of alkyl halides is 2. The van der Waals surface area contributed by atoms with Gasteiger partial charge in [-0.25, -0.2) is 13.5 Å². The maximum absolute atomic E-state index is 13.7. The van der Waals surface area contributed by atoms with Crippen LogP contribution in [0.5, 0.6) is 11.5 Å². The van der Waals surface area contributed by atoms with Crippen LogP contribution in [-0.2, 0) is 19.3 Å². The van der Waals surface area contributed by atoms with Gasteiger partial charge in [-0.2, -0.15) is 13.9 Å². The van der Waals surface area contributed by atoms with Gasteiger partial charge < -0.3 is 14.8 Å². The first-order valence-electron chi connectivity index (χ1n) is 10.3. The summed E-state index contributed by atoms with van der Waals surface area (Å²) in [5.41, 5.74) is 2.84. The fraction of sp³-hybridized carbons (Fsp3) is 0.304. The predicted octanol–water partition coefficient (Wildman–Crippen LogP) is 4.22. The van der Waals surface area contributed by atoms with Crippen LogP contribution in [0.25, 0.3) is 5.69 Å². The summed E-state index contributed by atoms with van der Waals surface area (Å²) in [4.78, 5) is 12.8. The van der Waals surface area contributed by atoms with E-state index in [0.29, 0.717) is 30.5 Å². The second-order valence-corrected chi connectivity index (χ2v) is 7.51. The number of halogens is 4. The molecule has 0 aliphatic heterocycles. The van der Waals surface area contributed by atoms with Crippen molar-refractivity contribution in [3.8, 4) is 17.2 Å². The highest BCUT2D eigenvalue weighted by Crippen LogP contribution is 2.30. The summed E-state index contributed by atoms with van der Waals surface area (Å²) in [5, 5.41) is 7.15. The maximum Gasteiger partial charge on any atom is 0.387 e. The summed E-state index contributed by atoms with van der Waals surface area (Å²) < 4.78 is 63.2. The van der Waals surface area contributed by atoms with Crippen molar-refractivity contribution in [2.45, 2.75) is 32.3 Å². The molecule has 6 nitrogen and oxygen atoms in total. The average Bonchev–Trinajstić information content (AvgIpc) is 3.38. The topological polar surface area (TPSA) is 65.4 Å². The van der Waals surface area contributed by atoms with Gasteiger partial charge in [0.15, 0.2) is 28.8 Å². The Balaban J connectivity index is 1.47.